The summed E-state index contributed by atoms with van der Waals surface area (Å²) in [4.78, 5) is 19.6. The van der Waals surface area contributed by atoms with Crippen LogP contribution in [0.1, 0.15) is 34.1 Å². The molecule has 0 bridgehead atoms. The van der Waals surface area contributed by atoms with Crippen molar-refractivity contribution in [1.82, 2.24) is 29.7 Å². The van der Waals surface area contributed by atoms with E-state index in [9.17, 15) is 18.0 Å². The van der Waals surface area contributed by atoms with Crippen molar-refractivity contribution in [3.05, 3.63) is 71.2 Å². The number of ether oxygens (including phenoxy) is 1. The molecule has 0 unspecified atom stereocenters. The van der Waals surface area contributed by atoms with Crippen LogP contribution in [-0.4, -0.2) is 67.7 Å². The highest BCUT2D eigenvalue weighted by Crippen LogP contribution is 2.35. The van der Waals surface area contributed by atoms with Gasteiger partial charge in [-0.1, -0.05) is 11.3 Å². The minimum Gasteiger partial charge on any atom is -0.378 e. The van der Waals surface area contributed by atoms with Crippen molar-refractivity contribution in [3.8, 4) is 16.9 Å². The predicted molar refractivity (Wildman–Crippen MR) is 148 cm³/mol. The van der Waals surface area contributed by atoms with Gasteiger partial charge in [0.15, 0.2) is 0 Å². The number of aromatic nitrogens is 5. The lowest BCUT2D eigenvalue weighted by atomic mass is 10.1. The highest BCUT2D eigenvalue weighted by molar-refractivity contribution is 6.05. The Morgan fingerprint density at radius 2 is 1.85 bits per heavy atom. The maximum Gasteiger partial charge on any atom is 0.416 e. The molecular formula is C28H29F3N8O2. The van der Waals surface area contributed by atoms with Crippen LogP contribution in [0.25, 0.3) is 16.9 Å². The fraction of sp³-hybridized carbons (Fsp3) is 0.321. The Morgan fingerprint density at radius 1 is 1.10 bits per heavy atom. The van der Waals surface area contributed by atoms with Gasteiger partial charge in [0.25, 0.3) is 5.91 Å². The number of amides is 1. The third-order valence-corrected chi connectivity index (χ3v) is 6.99. The Balaban J connectivity index is 1.42. The quantitative estimate of drug-likeness (QED) is 0.271. The molecule has 1 amide bonds. The lowest BCUT2D eigenvalue weighted by Gasteiger charge is -2.28. The number of benzene rings is 2. The van der Waals surface area contributed by atoms with Gasteiger partial charge < -0.3 is 15.0 Å². The molecule has 3 heterocycles. The highest BCUT2D eigenvalue weighted by Gasteiger charge is 2.31. The molecule has 1 saturated heterocycles. The fourth-order valence-electron chi connectivity index (χ4n) is 4.51. The lowest BCUT2D eigenvalue weighted by molar-refractivity contribution is -0.137. The first-order chi connectivity index (χ1) is 19.5. The van der Waals surface area contributed by atoms with Crippen molar-refractivity contribution in [1.29, 1.82) is 0 Å². The first-order valence-corrected chi connectivity index (χ1v) is 12.9. The summed E-state index contributed by atoms with van der Waals surface area (Å²) in [5, 5.41) is 15.3. The molecule has 5 rings (SSSR count). The molecule has 1 N–H and O–H groups in total. The Morgan fingerprint density at radius 3 is 2.54 bits per heavy atom. The monoisotopic (exact) mass is 566 g/mol. The zero-order chi connectivity index (χ0) is 29.3. The first-order valence-electron chi connectivity index (χ1n) is 12.9. The van der Waals surface area contributed by atoms with Gasteiger partial charge in [-0.05, 0) is 56.7 Å². The maximum atomic E-state index is 13.7. The minimum atomic E-state index is -4.62. The Hall–Kier alpha value is -4.52. The van der Waals surface area contributed by atoms with Crippen molar-refractivity contribution in [2.75, 3.05) is 31.6 Å². The van der Waals surface area contributed by atoms with Gasteiger partial charge in [0.05, 0.1) is 42.5 Å². The number of rotatable bonds is 5. The number of nitrogens with zero attached hydrogens (tertiary/aromatic N) is 7. The summed E-state index contributed by atoms with van der Waals surface area (Å²) in [6, 6.07) is 8.26. The van der Waals surface area contributed by atoms with E-state index in [2.05, 4.69) is 25.7 Å². The van der Waals surface area contributed by atoms with Crippen LogP contribution in [0, 0.1) is 13.8 Å². The number of hydrogen-bond acceptors (Lipinski definition) is 6. The number of alkyl halides is 3. The summed E-state index contributed by atoms with van der Waals surface area (Å²) in [7, 11) is 1.83. The van der Waals surface area contributed by atoms with Crippen LogP contribution in [0.2, 0.25) is 0 Å². The van der Waals surface area contributed by atoms with E-state index < -0.39 is 17.6 Å². The molecule has 0 radical (unpaired) electrons. The Kier molecular flexibility index (Phi) is 7.63. The summed E-state index contributed by atoms with van der Waals surface area (Å²) in [5.41, 5.74) is 3.21. The SMILES string of the molecule is C/C(=N\c1cc(NC(=O)c2ccc(C)c(-n3cc(-c4cnn(C)c4C)nn3)c2)cc(C(F)(F)F)c1)N1CCOCC1. The van der Waals surface area contributed by atoms with Crippen molar-refractivity contribution in [2.45, 2.75) is 26.9 Å². The van der Waals surface area contributed by atoms with Crippen LogP contribution in [0.3, 0.4) is 0 Å². The predicted octanol–water partition coefficient (Wildman–Crippen LogP) is 4.94. The molecule has 1 fully saturated rings. The van der Waals surface area contributed by atoms with Crippen LogP contribution in [0.4, 0.5) is 24.5 Å². The topological polar surface area (TPSA) is 102 Å². The summed E-state index contributed by atoms with van der Waals surface area (Å²) < 4.78 is 49.8. The Bertz CT molecular complexity index is 1620. The van der Waals surface area contributed by atoms with Gasteiger partial charge in [0, 0.05) is 42.6 Å². The van der Waals surface area contributed by atoms with E-state index in [-0.39, 0.29) is 16.9 Å². The molecule has 2 aromatic heterocycles. The summed E-state index contributed by atoms with van der Waals surface area (Å²) >= 11 is 0. The molecule has 10 nitrogen and oxygen atoms in total. The largest absolute Gasteiger partial charge is 0.416 e. The van der Waals surface area contributed by atoms with Gasteiger partial charge in [-0.25, -0.2) is 9.67 Å². The molecule has 214 valence electrons. The number of carbonyl (C=O) groups excluding carboxylic acids is 1. The molecular weight excluding hydrogens is 537 g/mol. The van der Waals surface area contributed by atoms with E-state index in [0.717, 1.165) is 29.0 Å². The number of aliphatic imine (C=N–C) groups is 1. The number of carbonyl (C=O) groups is 1. The summed E-state index contributed by atoms with van der Waals surface area (Å²) in [6.07, 6.45) is -1.18. The van der Waals surface area contributed by atoms with E-state index in [1.165, 1.54) is 6.07 Å². The molecule has 1 aliphatic heterocycles. The van der Waals surface area contributed by atoms with E-state index in [4.69, 9.17) is 4.74 Å². The summed E-state index contributed by atoms with van der Waals surface area (Å²) in [5.74, 6) is -0.00407. The van der Waals surface area contributed by atoms with Gasteiger partial charge in [0.2, 0.25) is 0 Å². The second-order valence-corrected chi connectivity index (χ2v) is 9.80. The standard InChI is InChI=1S/C28H29F3N8O2/c1-17-5-6-20(11-26(17)39-16-25(35-36-39)24-15-32-37(4)18(24)2)27(40)34-23-13-21(28(29,30)31)12-22(14-23)33-19(3)38-7-9-41-10-8-38/h5-6,11-16H,7-10H2,1-4H3,(H,34,40)/b33-19+. The van der Waals surface area contributed by atoms with E-state index in [1.54, 1.807) is 46.9 Å². The molecule has 0 saturated carbocycles. The van der Waals surface area contributed by atoms with E-state index >= 15 is 0 Å². The van der Waals surface area contributed by atoms with Gasteiger partial charge >= 0.3 is 6.18 Å². The molecule has 41 heavy (non-hydrogen) atoms. The fourth-order valence-corrected chi connectivity index (χ4v) is 4.51. The number of halogens is 3. The number of nitrogens with one attached hydrogen (secondary N) is 1. The second kappa shape index (κ2) is 11.2. The zero-order valence-corrected chi connectivity index (χ0v) is 23.0. The highest BCUT2D eigenvalue weighted by atomic mass is 19.4. The minimum absolute atomic E-state index is 0.0180. The molecule has 0 atom stereocenters. The molecule has 4 aromatic rings. The molecule has 0 aliphatic carbocycles. The van der Waals surface area contributed by atoms with Crippen LogP contribution in [-0.2, 0) is 18.0 Å². The van der Waals surface area contributed by atoms with Gasteiger partial charge in [-0.3, -0.25) is 9.48 Å². The number of aryl methyl sites for hydroxylation is 2. The second-order valence-electron chi connectivity index (χ2n) is 9.80. The lowest BCUT2D eigenvalue weighted by Crippen LogP contribution is -2.39. The van der Waals surface area contributed by atoms with Gasteiger partial charge in [0.1, 0.15) is 11.5 Å². The van der Waals surface area contributed by atoms with Crippen LogP contribution < -0.4 is 5.32 Å². The summed E-state index contributed by atoms with van der Waals surface area (Å²) in [6.45, 7) is 7.77. The maximum absolute atomic E-state index is 13.7. The number of anilines is 1. The van der Waals surface area contributed by atoms with Crippen molar-refractivity contribution in [3.63, 3.8) is 0 Å². The van der Waals surface area contributed by atoms with Crippen molar-refractivity contribution < 1.29 is 22.7 Å². The van der Waals surface area contributed by atoms with E-state index in [0.29, 0.717) is 43.5 Å². The molecule has 1 aliphatic rings. The molecule has 0 spiro atoms. The van der Waals surface area contributed by atoms with Crippen LogP contribution in [0.15, 0.2) is 53.8 Å². The number of hydrogen-bond donors (Lipinski definition) is 1. The zero-order valence-electron chi connectivity index (χ0n) is 23.0. The third-order valence-electron chi connectivity index (χ3n) is 6.99. The smallest absolute Gasteiger partial charge is 0.378 e. The number of amidine groups is 1. The van der Waals surface area contributed by atoms with Crippen molar-refractivity contribution in [2.24, 2.45) is 12.0 Å². The normalized spacial score (nSPS) is 14.4. The van der Waals surface area contributed by atoms with Crippen LogP contribution in [0.5, 0.6) is 0 Å². The van der Waals surface area contributed by atoms with Crippen molar-refractivity contribution >= 4 is 23.1 Å². The molecule has 2 aromatic carbocycles. The Labute approximate surface area is 234 Å². The average molecular weight is 567 g/mol. The third kappa shape index (κ3) is 6.14. The van der Waals surface area contributed by atoms with Crippen LogP contribution >= 0.6 is 0 Å². The van der Waals surface area contributed by atoms with E-state index in [1.807, 2.05) is 25.8 Å². The van der Waals surface area contributed by atoms with Gasteiger partial charge in [-0.15, -0.1) is 5.10 Å². The van der Waals surface area contributed by atoms with Gasteiger partial charge in [-0.2, -0.15) is 18.3 Å². The first kappa shape index (κ1) is 28.0. The average Bonchev–Trinajstić information content (AvgIpc) is 3.55. The number of morpholine rings is 1. The molecule has 13 heteroatoms.